The quantitative estimate of drug-likeness (QED) is 0.771. The molecular weight excluding hydrogens is 176 g/mol. The molecule has 2 rings (SSSR count). The molecule has 1 N–H and O–H groups in total. The second-order valence-corrected chi connectivity index (χ2v) is 3.77. The Labute approximate surface area is 83.8 Å². The molecule has 0 amide bonds. The molecule has 1 aliphatic heterocycles. The van der Waals surface area contributed by atoms with Gasteiger partial charge in [0.05, 0.1) is 0 Å². The Morgan fingerprint density at radius 1 is 1.57 bits per heavy atom. The lowest BCUT2D eigenvalue weighted by Gasteiger charge is -2.22. The lowest BCUT2D eigenvalue weighted by Crippen LogP contribution is -2.23. The minimum Gasteiger partial charge on any atom is -0.329 e. The van der Waals surface area contributed by atoms with Gasteiger partial charge in [-0.05, 0) is 31.5 Å². The molecule has 3 heteroatoms. The zero-order chi connectivity index (χ0) is 9.97. The highest BCUT2D eigenvalue weighted by atomic mass is 16.1. The van der Waals surface area contributed by atoms with Crippen LogP contribution in [0.5, 0.6) is 0 Å². The summed E-state index contributed by atoms with van der Waals surface area (Å²) in [5.74, 6) is 0. The van der Waals surface area contributed by atoms with Crippen LogP contribution in [0.3, 0.4) is 0 Å². The van der Waals surface area contributed by atoms with Crippen molar-refractivity contribution < 1.29 is 0 Å². The van der Waals surface area contributed by atoms with Gasteiger partial charge < -0.3 is 4.98 Å². The topological polar surface area (TPSA) is 36.1 Å². The van der Waals surface area contributed by atoms with E-state index in [9.17, 15) is 4.79 Å². The molecule has 0 radical (unpaired) electrons. The Kier molecular flexibility index (Phi) is 2.68. The molecule has 0 spiro atoms. The van der Waals surface area contributed by atoms with Crippen molar-refractivity contribution in [1.29, 1.82) is 0 Å². The zero-order valence-electron chi connectivity index (χ0n) is 8.49. The first-order valence-corrected chi connectivity index (χ1v) is 5.24. The average molecular weight is 192 g/mol. The standard InChI is InChI=1S/C11H16N2O/c1-2-13-7-3-4-10(13)9-5-6-11(14)12-8-9/h5-6,8,10H,2-4,7H2,1H3,(H,12,14)/t10-/m1/s1. The highest BCUT2D eigenvalue weighted by Crippen LogP contribution is 2.30. The first-order valence-electron chi connectivity index (χ1n) is 5.24. The Morgan fingerprint density at radius 3 is 3.07 bits per heavy atom. The van der Waals surface area contributed by atoms with Crippen molar-refractivity contribution in [2.24, 2.45) is 0 Å². The van der Waals surface area contributed by atoms with Gasteiger partial charge in [0.15, 0.2) is 0 Å². The third kappa shape index (κ3) is 1.73. The summed E-state index contributed by atoms with van der Waals surface area (Å²) in [7, 11) is 0. The van der Waals surface area contributed by atoms with E-state index < -0.39 is 0 Å². The van der Waals surface area contributed by atoms with Crippen molar-refractivity contribution in [3.8, 4) is 0 Å². The van der Waals surface area contributed by atoms with Crippen molar-refractivity contribution in [3.05, 3.63) is 34.2 Å². The molecule has 1 saturated heterocycles. The summed E-state index contributed by atoms with van der Waals surface area (Å²) >= 11 is 0. The van der Waals surface area contributed by atoms with Crippen molar-refractivity contribution in [1.82, 2.24) is 9.88 Å². The fraction of sp³-hybridized carbons (Fsp3) is 0.545. The number of nitrogens with one attached hydrogen (secondary N) is 1. The Hall–Kier alpha value is -1.09. The van der Waals surface area contributed by atoms with Gasteiger partial charge in [0.2, 0.25) is 5.56 Å². The number of likely N-dealkylation sites (tertiary alicyclic amines) is 1. The molecule has 0 aliphatic carbocycles. The van der Waals surface area contributed by atoms with Crippen LogP contribution in [0.4, 0.5) is 0 Å². The number of nitrogens with zero attached hydrogens (tertiary/aromatic N) is 1. The number of pyridine rings is 1. The summed E-state index contributed by atoms with van der Waals surface area (Å²) in [5.41, 5.74) is 1.22. The zero-order valence-corrected chi connectivity index (χ0v) is 8.49. The largest absolute Gasteiger partial charge is 0.329 e. The van der Waals surface area contributed by atoms with Crippen LogP contribution in [0.1, 0.15) is 31.4 Å². The van der Waals surface area contributed by atoms with Gasteiger partial charge in [0.25, 0.3) is 0 Å². The average Bonchev–Trinajstić information content (AvgIpc) is 2.67. The fourth-order valence-corrected chi connectivity index (χ4v) is 2.21. The third-order valence-corrected chi connectivity index (χ3v) is 2.96. The maximum Gasteiger partial charge on any atom is 0.247 e. The molecule has 0 aromatic carbocycles. The van der Waals surface area contributed by atoms with E-state index in [0.717, 1.165) is 6.54 Å². The van der Waals surface area contributed by atoms with Crippen LogP contribution >= 0.6 is 0 Å². The van der Waals surface area contributed by atoms with Gasteiger partial charge in [-0.3, -0.25) is 9.69 Å². The van der Waals surface area contributed by atoms with Crippen LogP contribution in [-0.2, 0) is 0 Å². The third-order valence-electron chi connectivity index (χ3n) is 2.96. The number of H-pyrrole nitrogens is 1. The van der Waals surface area contributed by atoms with Crippen molar-refractivity contribution >= 4 is 0 Å². The van der Waals surface area contributed by atoms with E-state index in [0.29, 0.717) is 6.04 Å². The second kappa shape index (κ2) is 3.96. The smallest absolute Gasteiger partial charge is 0.247 e. The minimum atomic E-state index is -0.0187. The van der Waals surface area contributed by atoms with Crippen LogP contribution < -0.4 is 5.56 Å². The molecule has 2 heterocycles. The molecule has 14 heavy (non-hydrogen) atoms. The summed E-state index contributed by atoms with van der Waals surface area (Å²) in [5, 5.41) is 0. The first-order chi connectivity index (χ1) is 6.81. The summed E-state index contributed by atoms with van der Waals surface area (Å²) in [4.78, 5) is 16.1. The SMILES string of the molecule is CCN1CCC[C@@H]1c1ccc(=O)[nH]c1. The van der Waals surface area contributed by atoms with Crippen LogP contribution in [-0.4, -0.2) is 23.0 Å². The predicted octanol–water partition coefficient (Wildman–Crippen LogP) is 1.53. The van der Waals surface area contributed by atoms with E-state index in [2.05, 4.69) is 16.8 Å². The van der Waals surface area contributed by atoms with E-state index in [1.807, 2.05) is 12.3 Å². The summed E-state index contributed by atoms with van der Waals surface area (Å²) in [6.07, 6.45) is 4.32. The van der Waals surface area contributed by atoms with Crippen molar-refractivity contribution in [2.75, 3.05) is 13.1 Å². The highest BCUT2D eigenvalue weighted by molar-refractivity contribution is 5.15. The summed E-state index contributed by atoms with van der Waals surface area (Å²) in [6, 6.07) is 4.07. The maximum absolute atomic E-state index is 10.9. The van der Waals surface area contributed by atoms with Crippen LogP contribution in [0, 0.1) is 0 Å². The van der Waals surface area contributed by atoms with E-state index in [1.54, 1.807) is 6.07 Å². The lowest BCUT2D eigenvalue weighted by atomic mass is 10.1. The van der Waals surface area contributed by atoms with Gasteiger partial charge >= 0.3 is 0 Å². The Bertz CT molecular complexity index is 338. The van der Waals surface area contributed by atoms with Crippen LogP contribution in [0.2, 0.25) is 0 Å². The number of hydrogen-bond acceptors (Lipinski definition) is 2. The minimum absolute atomic E-state index is 0.0187. The van der Waals surface area contributed by atoms with Gasteiger partial charge in [-0.25, -0.2) is 0 Å². The number of aromatic nitrogens is 1. The molecule has 0 bridgehead atoms. The molecule has 1 aliphatic rings. The molecule has 76 valence electrons. The van der Waals surface area contributed by atoms with Gasteiger partial charge in [-0.1, -0.05) is 13.0 Å². The number of aromatic amines is 1. The molecule has 1 aromatic heterocycles. The summed E-state index contributed by atoms with van der Waals surface area (Å²) in [6.45, 7) is 4.45. The van der Waals surface area contributed by atoms with Crippen LogP contribution in [0.25, 0.3) is 0 Å². The number of rotatable bonds is 2. The second-order valence-electron chi connectivity index (χ2n) is 3.77. The molecular formula is C11H16N2O. The van der Waals surface area contributed by atoms with Gasteiger partial charge in [0, 0.05) is 18.3 Å². The molecule has 3 nitrogen and oxygen atoms in total. The Morgan fingerprint density at radius 2 is 2.43 bits per heavy atom. The maximum atomic E-state index is 10.9. The van der Waals surface area contributed by atoms with E-state index in [1.165, 1.54) is 24.9 Å². The summed E-state index contributed by atoms with van der Waals surface area (Å²) < 4.78 is 0. The van der Waals surface area contributed by atoms with E-state index in [-0.39, 0.29) is 5.56 Å². The number of hydrogen-bond donors (Lipinski definition) is 1. The monoisotopic (exact) mass is 192 g/mol. The van der Waals surface area contributed by atoms with E-state index >= 15 is 0 Å². The highest BCUT2D eigenvalue weighted by Gasteiger charge is 2.24. The normalized spacial score (nSPS) is 22.8. The molecule has 0 unspecified atom stereocenters. The predicted molar refractivity (Wildman–Crippen MR) is 56.3 cm³/mol. The first kappa shape index (κ1) is 9.46. The van der Waals surface area contributed by atoms with Crippen molar-refractivity contribution in [3.63, 3.8) is 0 Å². The Balaban J connectivity index is 2.21. The van der Waals surface area contributed by atoms with Gasteiger partial charge in [-0.15, -0.1) is 0 Å². The van der Waals surface area contributed by atoms with Crippen molar-refractivity contribution in [2.45, 2.75) is 25.8 Å². The van der Waals surface area contributed by atoms with Crippen LogP contribution in [0.15, 0.2) is 23.1 Å². The van der Waals surface area contributed by atoms with Gasteiger partial charge in [0.1, 0.15) is 0 Å². The lowest BCUT2D eigenvalue weighted by molar-refractivity contribution is 0.271. The molecule has 1 fully saturated rings. The van der Waals surface area contributed by atoms with E-state index in [4.69, 9.17) is 0 Å². The fourth-order valence-electron chi connectivity index (χ4n) is 2.21. The molecule has 1 atom stereocenters. The van der Waals surface area contributed by atoms with Gasteiger partial charge in [-0.2, -0.15) is 0 Å². The molecule has 0 saturated carbocycles. The molecule has 1 aromatic rings.